The Balaban J connectivity index is 1.48. The number of imidazole rings is 1. The Morgan fingerprint density at radius 1 is 1.04 bits per heavy atom. The van der Waals surface area contributed by atoms with E-state index in [4.69, 9.17) is 16.7 Å². The fourth-order valence-corrected chi connectivity index (χ4v) is 4.19. The lowest BCUT2D eigenvalue weighted by molar-refractivity contribution is 0.286. The van der Waals surface area contributed by atoms with Crippen molar-refractivity contribution in [2.75, 3.05) is 5.32 Å². The number of aromatic nitrogens is 3. The average molecular weight is 398 g/mol. The molecule has 1 aromatic carbocycles. The van der Waals surface area contributed by atoms with Crippen LogP contribution >= 0.6 is 11.6 Å². The highest BCUT2D eigenvalue weighted by molar-refractivity contribution is 6.30. The summed E-state index contributed by atoms with van der Waals surface area (Å²) in [6, 6.07) is 12.9. The second-order valence-corrected chi connectivity index (χ2v) is 9.17. The Kier molecular flexibility index (Phi) is 5.30. The molecule has 0 bridgehead atoms. The molecule has 0 saturated heterocycles. The van der Waals surface area contributed by atoms with Crippen LogP contribution in [0.3, 0.4) is 0 Å². The van der Waals surface area contributed by atoms with Gasteiger partial charge in [-0.1, -0.05) is 23.7 Å². The highest BCUT2D eigenvalue weighted by atomic mass is 35.5. The monoisotopic (exact) mass is 397 g/mol. The molecule has 0 spiro atoms. The van der Waals surface area contributed by atoms with Crippen molar-refractivity contribution in [3.8, 4) is 11.3 Å². The molecule has 0 aliphatic heterocycles. The quantitative estimate of drug-likeness (QED) is 0.638. The summed E-state index contributed by atoms with van der Waals surface area (Å²) in [5.41, 5.74) is 2.96. The van der Waals surface area contributed by atoms with Crippen LogP contribution < -0.4 is 10.6 Å². The Bertz CT molecular complexity index is 951. The first-order chi connectivity index (χ1) is 13.4. The molecule has 2 aromatic heterocycles. The molecule has 6 heteroatoms. The van der Waals surface area contributed by atoms with E-state index < -0.39 is 0 Å². The van der Waals surface area contributed by atoms with Gasteiger partial charge in [-0.15, -0.1) is 5.10 Å². The number of anilines is 1. The Morgan fingerprint density at radius 2 is 1.79 bits per heavy atom. The lowest BCUT2D eigenvalue weighted by Crippen LogP contribution is -2.46. The molecular formula is C22H28ClN5. The summed E-state index contributed by atoms with van der Waals surface area (Å²) in [6.45, 7) is 6.71. The molecular weight excluding hydrogens is 370 g/mol. The summed E-state index contributed by atoms with van der Waals surface area (Å²) in [4.78, 5) is 4.48. The second kappa shape index (κ2) is 7.72. The number of hydrogen-bond donors (Lipinski definition) is 2. The van der Waals surface area contributed by atoms with Crippen LogP contribution in [0.5, 0.6) is 0 Å². The third-order valence-electron chi connectivity index (χ3n) is 5.20. The zero-order chi connectivity index (χ0) is 19.7. The summed E-state index contributed by atoms with van der Waals surface area (Å²) >= 11 is 6.16. The largest absolute Gasteiger partial charge is 0.366 e. The van der Waals surface area contributed by atoms with Crippen LogP contribution in [0.2, 0.25) is 5.02 Å². The Morgan fingerprint density at radius 3 is 2.50 bits per heavy atom. The maximum Gasteiger partial charge on any atom is 0.154 e. The lowest BCUT2D eigenvalue weighted by Gasteiger charge is -2.34. The van der Waals surface area contributed by atoms with Gasteiger partial charge in [-0.05, 0) is 70.7 Å². The van der Waals surface area contributed by atoms with E-state index in [1.165, 1.54) is 12.8 Å². The minimum Gasteiger partial charge on any atom is -0.366 e. The zero-order valence-corrected chi connectivity index (χ0v) is 17.5. The summed E-state index contributed by atoms with van der Waals surface area (Å²) in [7, 11) is 0. The van der Waals surface area contributed by atoms with Crippen molar-refractivity contribution < 1.29 is 0 Å². The van der Waals surface area contributed by atoms with Gasteiger partial charge in [-0.25, -0.2) is 9.50 Å². The Labute approximate surface area is 171 Å². The van der Waals surface area contributed by atoms with E-state index in [-0.39, 0.29) is 5.54 Å². The van der Waals surface area contributed by atoms with E-state index in [0.29, 0.717) is 17.1 Å². The molecule has 0 amide bonds. The van der Waals surface area contributed by atoms with Gasteiger partial charge in [0.15, 0.2) is 5.65 Å². The van der Waals surface area contributed by atoms with Crippen molar-refractivity contribution in [1.82, 2.24) is 19.9 Å². The van der Waals surface area contributed by atoms with Gasteiger partial charge in [0.25, 0.3) is 0 Å². The molecule has 4 rings (SSSR count). The van der Waals surface area contributed by atoms with Gasteiger partial charge in [0.1, 0.15) is 5.82 Å². The summed E-state index contributed by atoms with van der Waals surface area (Å²) in [6.07, 6.45) is 6.53. The topological polar surface area (TPSA) is 54.2 Å². The highest BCUT2D eigenvalue weighted by Crippen LogP contribution is 2.26. The van der Waals surface area contributed by atoms with Crippen molar-refractivity contribution in [3.63, 3.8) is 0 Å². The fourth-order valence-electron chi connectivity index (χ4n) is 4.00. The molecule has 28 heavy (non-hydrogen) atoms. The average Bonchev–Trinajstić information content (AvgIpc) is 3.05. The minimum absolute atomic E-state index is 0.176. The third-order valence-corrected chi connectivity index (χ3v) is 5.43. The van der Waals surface area contributed by atoms with Crippen LogP contribution in [0.15, 0.2) is 42.6 Å². The van der Waals surface area contributed by atoms with Crippen molar-refractivity contribution in [1.29, 1.82) is 0 Å². The molecule has 2 N–H and O–H groups in total. The summed E-state index contributed by atoms with van der Waals surface area (Å²) in [5, 5.41) is 12.9. The van der Waals surface area contributed by atoms with Crippen molar-refractivity contribution in [2.24, 2.45) is 0 Å². The third kappa shape index (κ3) is 4.47. The number of halogens is 1. The number of fused-ring (bicyclic) bond motifs is 1. The molecule has 2 heterocycles. The van der Waals surface area contributed by atoms with Gasteiger partial charge in [0.2, 0.25) is 0 Å². The van der Waals surface area contributed by atoms with E-state index in [9.17, 15) is 0 Å². The molecule has 0 unspecified atom stereocenters. The summed E-state index contributed by atoms with van der Waals surface area (Å²) < 4.78 is 1.89. The molecule has 5 nitrogen and oxygen atoms in total. The molecule has 0 atom stereocenters. The number of rotatable bonds is 4. The van der Waals surface area contributed by atoms with Crippen LogP contribution in [0.4, 0.5) is 5.82 Å². The molecule has 0 radical (unpaired) electrons. The molecule has 3 aromatic rings. The van der Waals surface area contributed by atoms with Crippen molar-refractivity contribution >= 4 is 23.1 Å². The van der Waals surface area contributed by atoms with Crippen LogP contribution in [-0.4, -0.2) is 32.2 Å². The molecule has 1 saturated carbocycles. The number of nitrogens with one attached hydrogen (secondary N) is 2. The van der Waals surface area contributed by atoms with E-state index in [2.05, 4.69) is 36.4 Å². The van der Waals surface area contributed by atoms with Crippen molar-refractivity contribution in [2.45, 2.75) is 64.1 Å². The standard InChI is InChI=1S/C22H28ClN5/c1-22(2,3)26-18-9-7-17(8-10-18)25-20-11-12-21-24-14-19(28(21)27-20)15-5-4-6-16(23)13-15/h4-6,11-14,17-18,26H,7-10H2,1-3H3,(H,25,27)/t17-,18-. The molecule has 1 aliphatic rings. The first-order valence-corrected chi connectivity index (χ1v) is 10.4. The van der Waals surface area contributed by atoms with Crippen LogP contribution in [0.1, 0.15) is 46.5 Å². The van der Waals surface area contributed by atoms with Gasteiger partial charge >= 0.3 is 0 Å². The molecule has 1 fully saturated rings. The normalized spacial score (nSPS) is 20.4. The zero-order valence-electron chi connectivity index (χ0n) is 16.7. The summed E-state index contributed by atoms with van der Waals surface area (Å²) in [5.74, 6) is 0.890. The fraction of sp³-hybridized carbons (Fsp3) is 0.455. The molecule has 148 valence electrons. The van der Waals surface area contributed by atoms with Gasteiger partial charge < -0.3 is 10.6 Å². The smallest absolute Gasteiger partial charge is 0.154 e. The van der Waals surface area contributed by atoms with E-state index in [1.54, 1.807) is 0 Å². The SMILES string of the molecule is CC(C)(C)N[C@H]1CC[C@H](Nc2ccc3ncc(-c4cccc(Cl)c4)n3n2)CC1. The van der Waals surface area contributed by atoms with E-state index >= 15 is 0 Å². The lowest BCUT2D eigenvalue weighted by atomic mass is 9.89. The number of nitrogens with zero attached hydrogens (tertiary/aromatic N) is 3. The number of benzene rings is 1. The Hall–Kier alpha value is -2.11. The van der Waals surface area contributed by atoms with Crippen molar-refractivity contribution in [3.05, 3.63) is 47.6 Å². The predicted molar refractivity (Wildman–Crippen MR) is 116 cm³/mol. The van der Waals surface area contributed by atoms with Crippen LogP contribution in [0, 0.1) is 0 Å². The maximum atomic E-state index is 6.16. The maximum absolute atomic E-state index is 6.16. The predicted octanol–water partition coefficient (Wildman–Crippen LogP) is 5.16. The molecule has 1 aliphatic carbocycles. The number of hydrogen-bond acceptors (Lipinski definition) is 4. The second-order valence-electron chi connectivity index (χ2n) is 8.73. The van der Waals surface area contributed by atoms with Gasteiger partial charge in [0, 0.05) is 28.2 Å². The van der Waals surface area contributed by atoms with Gasteiger partial charge in [-0.3, -0.25) is 0 Å². The first kappa shape index (κ1) is 19.2. The van der Waals surface area contributed by atoms with Gasteiger partial charge in [-0.2, -0.15) is 0 Å². The minimum atomic E-state index is 0.176. The van der Waals surface area contributed by atoms with Crippen LogP contribution in [0.25, 0.3) is 16.9 Å². The highest BCUT2D eigenvalue weighted by Gasteiger charge is 2.24. The van der Waals surface area contributed by atoms with Crippen LogP contribution in [-0.2, 0) is 0 Å². The van der Waals surface area contributed by atoms with Gasteiger partial charge in [0.05, 0.1) is 11.9 Å². The van der Waals surface area contributed by atoms with E-state index in [1.807, 2.05) is 47.1 Å². The van der Waals surface area contributed by atoms with E-state index in [0.717, 1.165) is 35.6 Å². The first-order valence-electron chi connectivity index (χ1n) is 10.0.